The summed E-state index contributed by atoms with van der Waals surface area (Å²) in [4.78, 5) is 27.8. The number of carbonyl (C=O) groups excluding carboxylic acids is 2. The molecule has 34 heavy (non-hydrogen) atoms. The van der Waals surface area contributed by atoms with Crippen LogP contribution in [0.2, 0.25) is 10.0 Å². The number of hydrogen-bond donors (Lipinski definition) is 1. The van der Waals surface area contributed by atoms with Crippen molar-refractivity contribution in [2.45, 2.75) is 13.1 Å². The highest BCUT2D eigenvalue weighted by Gasteiger charge is 2.26. The summed E-state index contributed by atoms with van der Waals surface area (Å²) < 4.78 is 15.6. The van der Waals surface area contributed by atoms with E-state index in [1.165, 1.54) is 18.2 Å². The van der Waals surface area contributed by atoms with Crippen LogP contribution < -0.4 is 10.2 Å². The van der Waals surface area contributed by atoms with Crippen LogP contribution in [-0.2, 0) is 13.1 Å². The molecule has 0 saturated heterocycles. The van der Waals surface area contributed by atoms with Crippen molar-refractivity contribution in [1.29, 1.82) is 0 Å². The minimum Gasteiger partial charge on any atom is -0.345 e. The Morgan fingerprint density at radius 1 is 0.853 bits per heavy atom. The van der Waals surface area contributed by atoms with Gasteiger partial charge in [-0.2, -0.15) is 0 Å². The number of amides is 2. The lowest BCUT2D eigenvalue weighted by Crippen LogP contribution is -2.30. The topological polar surface area (TPSA) is 54.3 Å². The van der Waals surface area contributed by atoms with E-state index in [4.69, 9.17) is 23.2 Å². The number of halogens is 3. The van der Waals surface area contributed by atoms with Crippen molar-refractivity contribution in [3.05, 3.63) is 117 Å². The fraction of sp³-hybridized carbons (Fsp3) is 0.0769. The number of carbonyl (C=O) groups is 2. The lowest BCUT2D eigenvalue weighted by molar-refractivity contribution is 0.0984. The molecule has 170 valence electrons. The monoisotopic (exact) mass is 493 g/mol. The summed E-state index contributed by atoms with van der Waals surface area (Å²) in [7, 11) is 0. The second-order valence-electron chi connectivity index (χ2n) is 7.92. The molecule has 3 aromatic carbocycles. The Morgan fingerprint density at radius 2 is 1.68 bits per heavy atom. The van der Waals surface area contributed by atoms with Gasteiger partial charge in [-0.25, -0.2) is 4.39 Å². The number of benzene rings is 3. The van der Waals surface area contributed by atoms with Gasteiger partial charge in [0, 0.05) is 29.8 Å². The molecule has 0 spiro atoms. The highest BCUT2D eigenvalue weighted by Crippen LogP contribution is 2.31. The molecule has 5 rings (SSSR count). The van der Waals surface area contributed by atoms with E-state index in [-0.39, 0.29) is 21.5 Å². The summed E-state index contributed by atoms with van der Waals surface area (Å²) in [6.07, 6.45) is 2.00. The Labute approximate surface area is 205 Å². The molecule has 0 fully saturated rings. The van der Waals surface area contributed by atoms with Gasteiger partial charge < -0.3 is 14.8 Å². The van der Waals surface area contributed by atoms with Crippen LogP contribution in [0.25, 0.3) is 0 Å². The van der Waals surface area contributed by atoms with Crippen LogP contribution in [0.5, 0.6) is 0 Å². The highest BCUT2D eigenvalue weighted by atomic mass is 35.5. The van der Waals surface area contributed by atoms with Gasteiger partial charge in [-0.1, -0.05) is 41.4 Å². The zero-order valence-corrected chi connectivity index (χ0v) is 19.3. The molecule has 0 bridgehead atoms. The van der Waals surface area contributed by atoms with Crippen LogP contribution >= 0.6 is 23.2 Å². The summed E-state index contributed by atoms with van der Waals surface area (Å²) in [6.45, 7) is 1.07. The smallest absolute Gasteiger partial charge is 0.260 e. The van der Waals surface area contributed by atoms with Gasteiger partial charge in [-0.3, -0.25) is 9.59 Å². The number of nitrogens with one attached hydrogen (secondary N) is 1. The Balaban J connectivity index is 1.43. The summed E-state index contributed by atoms with van der Waals surface area (Å²) in [5, 5.41) is 2.96. The molecular weight excluding hydrogens is 476 g/mol. The largest absolute Gasteiger partial charge is 0.345 e. The van der Waals surface area contributed by atoms with E-state index in [9.17, 15) is 14.0 Å². The molecule has 0 atom stereocenters. The molecule has 5 nitrogen and oxygen atoms in total. The third-order valence-corrected chi connectivity index (χ3v) is 6.38. The molecule has 0 unspecified atom stereocenters. The molecule has 1 aliphatic heterocycles. The fourth-order valence-electron chi connectivity index (χ4n) is 4.05. The summed E-state index contributed by atoms with van der Waals surface area (Å²) in [5.74, 6) is -1.41. The predicted molar refractivity (Wildman–Crippen MR) is 131 cm³/mol. The first-order chi connectivity index (χ1) is 16.4. The number of para-hydroxylation sites is 1. The maximum atomic E-state index is 13.6. The molecule has 1 aliphatic rings. The SMILES string of the molecule is O=C(Nc1ccc(C(=O)N2Cc3cccn3Cc3ccccc32)c(Cl)c1)c1cc(F)ccc1Cl. The van der Waals surface area contributed by atoms with Crippen molar-refractivity contribution >= 4 is 46.4 Å². The van der Waals surface area contributed by atoms with Gasteiger partial charge in [0.05, 0.1) is 27.7 Å². The second kappa shape index (κ2) is 8.97. The number of anilines is 2. The average Bonchev–Trinajstić information content (AvgIpc) is 3.19. The zero-order chi connectivity index (χ0) is 23.8. The standard InChI is InChI=1S/C26H18Cl2FN3O2/c27-22-10-7-17(29)12-21(22)25(33)30-18-8-9-20(23(28)13-18)26(34)32-15-19-5-3-11-31(19)14-16-4-1-2-6-24(16)32/h1-13H,14-15H2,(H,30,33). The van der Waals surface area contributed by atoms with Crippen LogP contribution in [-0.4, -0.2) is 16.4 Å². The van der Waals surface area contributed by atoms with Crippen LogP contribution in [0.1, 0.15) is 32.0 Å². The minimum absolute atomic E-state index is 0.00196. The molecule has 0 radical (unpaired) electrons. The van der Waals surface area contributed by atoms with E-state index >= 15 is 0 Å². The van der Waals surface area contributed by atoms with Gasteiger partial charge in [0.1, 0.15) is 5.82 Å². The first kappa shape index (κ1) is 22.2. The second-order valence-corrected chi connectivity index (χ2v) is 8.73. The van der Waals surface area contributed by atoms with Crippen molar-refractivity contribution in [3.8, 4) is 0 Å². The third kappa shape index (κ3) is 4.18. The van der Waals surface area contributed by atoms with E-state index in [0.29, 0.717) is 24.3 Å². The Hall–Kier alpha value is -3.61. The van der Waals surface area contributed by atoms with E-state index in [1.807, 2.05) is 42.6 Å². The van der Waals surface area contributed by atoms with Crippen LogP contribution in [0.3, 0.4) is 0 Å². The first-order valence-corrected chi connectivity index (χ1v) is 11.3. The van der Waals surface area contributed by atoms with Gasteiger partial charge in [0.15, 0.2) is 0 Å². The highest BCUT2D eigenvalue weighted by molar-refractivity contribution is 6.35. The van der Waals surface area contributed by atoms with Gasteiger partial charge >= 0.3 is 0 Å². The lowest BCUT2D eigenvalue weighted by atomic mass is 10.1. The van der Waals surface area contributed by atoms with Gasteiger partial charge in [0.25, 0.3) is 11.8 Å². The quantitative estimate of drug-likeness (QED) is 0.359. The van der Waals surface area contributed by atoms with E-state index in [1.54, 1.807) is 17.0 Å². The molecule has 1 N–H and O–H groups in total. The van der Waals surface area contributed by atoms with Crippen molar-refractivity contribution in [2.75, 3.05) is 10.2 Å². The van der Waals surface area contributed by atoms with E-state index < -0.39 is 11.7 Å². The first-order valence-electron chi connectivity index (χ1n) is 10.5. The number of aromatic nitrogens is 1. The van der Waals surface area contributed by atoms with Crippen molar-refractivity contribution < 1.29 is 14.0 Å². The van der Waals surface area contributed by atoms with Crippen LogP contribution in [0.15, 0.2) is 79.0 Å². The summed E-state index contributed by atoms with van der Waals surface area (Å²) in [5.41, 5.74) is 3.53. The summed E-state index contributed by atoms with van der Waals surface area (Å²) >= 11 is 12.5. The minimum atomic E-state index is -0.582. The predicted octanol–water partition coefficient (Wildman–Crippen LogP) is 6.40. The molecule has 2 amide bonds. The number of hydrogen-bond acceptors (Lipinski definition) is 2. The Morgan fingerprint density at radius 3 is 2.50 bits per heavy atom. The van der Waals surface area contributed by atoms with Gasteiger partial charge in [-0.15, -0.1) is 0 Å². The van der Waals surface area contributed by atoms with Crippen molar-refractivity contribution in [3.63, 3.8) is 0 Å². The fourth-order valence-corrected chi connectivity index (χ4v) is 4.51. The molecular formula is C26H18Cl2FN3O2. The normalized spacial score (nSPS) is 12.5. The van der Waals surface area contributed by atoms with Gasteiger partial charge in [0.2, 0.25) is 0 Å². The maximum absolute atomic E-state index is 13.6. The Bertz CT molecular complexity index is 1430. The molecule has 0 aliphatic carbocycles. The Kier molecular flexibility index (Phi) is 5.86. The van der Waals surface area contributed by atoms with Crippen molar-refractivity contribution in [2.24, 2.45) is 0 Å². The molecule has 1 aromatic heterocycles. The van der Waals surface area contributed by atoms with E-state index in [0.717, 1.165) is 23.0 Å². The number of rotatable bonds is 3. The number of nitrogens with zero attached hydrogens (tertiary/aromatic N) is 2. The van der Waals surface area contributed by atoms with Crippen LogP contribution in [0, 0.1) is 5.82 Å². The molecule has 4 aromatic rings. The lowest BCUT2D eigenvalue weighted by Gasteiger charge is -2.23. The average molecular weight is 494 g/mol. The third-order valence-electron chi connectivity index (χ3n) is 5.74. The number of fused-ring (bicyclic) bond motifs is 2. The molecule has 2 heterocycles. The molecule has 8 heteroatoms. The maximum Gasteiger partial charge on any atom is 0.260 e. The molecule has 0 saturated carbocycles. The van der Waals surface area contributed by atoms with Gasteiger partial charge in [-0.05, 0) is 60.2 Å². The van der Waals surface area contributed by atoms with Crippen molar-refractivity contribution in [1.82, 2.24) is 4.57 Å². The van der Waals surface area contributed by atoms with Crippen LogP contribution in [0.4, 0.5) is 15.8 Å². The van der Waals surface area contributed by atoms with E-state index in [2.05, 4.69) is 9.88 Å². The summed E-state index contributed by atoms with van der Waals surface area (Å²) in [6, 6.07) is 19.9. The zero-order valence-electron chi connectivity index (χ0n) is 17.8.